The van der Waals surface area contributed by atoms with Crippen molar-refractivity contribution in [2.45, 2.75) is 219 Å². The van der Waals surface area contributed by atoms with Crippen molar-refractivity contribution >= 4 is 17.9 Å². The van der Waals surface area contributed by atoms with E-state index in [1.807, 2.05) is 21.1 Å². The Morgan fingerprint density at radius 3 is 1.36 bits per heavy atom. The molecule has 0 aliphatic rings. The average Bonchev–Trinajstić information content (AvgIpc) is 3.19. The molecule has 0 saturated carbocycles. The molecule has 8 nitrogen and oxygen atoms in total. The van der Waals surface area contributed by atoms with E-state index in [9.17, 15) is 19.5 Å². The monoisotopic (exact) mass is 831 g/mol. The fourth-order valence-corrected chi connectivity index (χ4v) is 6.96. The minimum absolute atomic E-state index is 0.0544. The number of hydrogen-bond acceptors (Lipinski definition) is 6. The van der Waals surface area contributed by atoms with Gasteiger partial charge in [-0.3, -0.25) is 9.59 Å². The second-order valence-electron chi connectivity index (χ2n) is 17.4. The molecule has 0 aliphatic heterocycles. The van der Waals surface area contributed by atoms with Crippen LogP contribution in [0.1, 0.15) is 206 Å². The van der Waals surface area contributed by atoms with Gasteiger partial charge in [-0.2, -0.15) is 0 Å². The first-order chi connectivity index (χ1) is 28.6. The predicted molar refractivity (Wildman–Crippen MR) is 248 cm³/mol. The number of ether oxygens (including phenoxy) is 3. The molecule has 2 atom stereocenters. The van der Waals surface area contributed by atoms with Gasteiger partial charge < -0.3 is 23.8 Å². The van der Waals surface area contributed by atoms with E-state index in [0.717, 1.165) is 77.0 Å². The number of hydrogen-bond donors (Lipinski definition) is 1. The quantitative estimate of drug-likeness (QED) is 0.0283. The molecule has 0 heterocycles. The van der Waals surface area contributed by atoms with Crippen molar-refractivity contribution in [2.75, 3.05) is 41.0 Å². The number of carboxylic acids is 1. The number of unbranched alkanes of at least 4 members (excludes halogenated alkanes) is 21. The molecule has 59 heavy (non-hydrogen) atoms. The molecule has 0 bridgehead atoms. The summed E-state index contributed by atoms with van der Waals surface area (Å²) in [5, 5.41) is 9.63. The Kier molecular flexibility index (Phi) is 40.1. The van der Waals surface area contributed by atoms with Crippen molar-refractivity contribution in [3.8, 4) is 0 Å². The van der Waals surface area contributed by atoms with Gasteiger partial charge in [0.2, 0.25) is 0 Å². The minimum Gasteiger partial charge on any atom is -0.477 e. The zero-order valence-electron chi connectivity index (χ0n) is 39.0. The number of aliphatic carboxylic acids is 1. The molecule has 342 valence electrons. The van der Waals surface area contributed by atoms with Crippen molar-refractivity contribution in [3.05, 3.63) is 48.6 Å². The topological polar surface area (TPSA) is 99.1 Å². The first-order valence-electron chi connectivity index (χ1n) is 24.2. The van der Waals surface area contributed by atoms with Crippen LogP contribution in [-0.2, 0) is 28.6 Å². The number of carbonyl (C=O) groups excluding carboxylic acids is 2. The molecular formula is C51H92NO7+. The molecule has 0 amide bonds. The Bertz CT molecular complexity index is 1110. The van der Waals surface area contributed by atoms with Gasteiger partial charge in [0.25, 0.3) is 0 Å². The van der Waals surface area contributed by atoms with E-state index in [2.05, 4.69) is 62.5 Å². The number of likely N-dealkylation sites (N-methyl/N-ethyl adjacent to an activating group) is 1. The molecule has 0 spiro atoms. The average molecular weight is 831 g/mol. The Hall–Kier alpha value is -2.71. The Labute approximate surface area is 363 Å². The summed E-state index contributed by atoms with van der Waals surface area (Å²) < 4.78 is 17.3. The third-order valence-corrected chi connectivity index (χ3v) is 10.7. The van der Waals surface area contributed by atoms with E-state index in [4.69, 9.17) is 14.2 Å². The predicted octanol–water partition coefficient (Wildman–Crippen LogP) is 13.6. The summed E-state index contributed by atoms with van der Waals surface area (Å²) in [6, 6.07) is -0.618. The van der Waals surface area contributed by atoms with Crippen LogP contribution >= 0.6 is 0 Å². The van der Waals surface area contributed by atoms with E-state index in [1.165, 1.54) is 96.3 Å². The van der Waals surface area contributed by atoms with Gasteiger partial charge in [-0.1, -0.05) is 178 Å². The summed E-state index contributed by atoms with van der Waals surface area (Å²) >= 11 is 0. The minimum atomic E-state index is -0.878. The molecule has 0 aromatic heterocycles. The van der Waals surface area contributed by atoms with Crippen LogP contribution in [0.5, 0.6) is 0 Å². The van der Waals surface area contributed by atoms with Crippen LogP contribution < -0.4 is 0 Å². The van der Waals surface area contributed by atoms with Crippen LogP contribution in [0, 0.1) is 0 Å². The maximum Gasteiger partial charge on any atom is 0.362 e. The maximum atomic E-state index is 12.8. The highest BCUT2D eigenvalue weighted by Gasteiger charge is 2.31. The molecular weight excluding hydrogens is 739 g/mol. The number of carbonyl (C=O) groups is 3. The highest BCUT2D eigenvalue weighted by Crippen LogP contribution is 2.15. The van der Waals surface area contributed by atoms with Crippen molar-refractivity contribution in [1.82, 2.24) is 0 Å². The molecule has 0 fully saturated rings. The second kappa shape index (κ2) is 42.0. The number of quaternary nitrogens is 1. The van der Waals surface area contributed by atoms with Gasteiger partial charge in [-0.25, -0.2) is 4.79 Å². The van der Waals surface area contributed by atoms with Gasteiger partial charge in [-0.05, 0) is 57.8 Å². The fraction of sp³-hybridized carbons (Fsp3) is 0.784. The van der Waals surface area contributed by atoms with E-state index in [-0.39, 0.29) is 36.2 Å². The summed E-state index contributed by atoms with van der Waals surface area (Å²) in [4.78, 5) is 37.1. The highest BCUT2D eigenvalue weighted by atomic mass is 16.6. The lowest BCUT2D eigenvalue weighted by atomic mass is 10.0. The molecule has 2 unspecified atom stereocenters. The summed E-state index contributed by atoms with van der Waals surface area (Å²) in [5.41, 5.74) is 0. The van der Waals surface area contributed by atoms with E-state index in [0.29, 0.717) is 19.3 Å². The Balaban J connectivity index is 4.33. The van der Waals surface area contributed by atoms with Crippen LogP contribution in [-0.4, -0.2) is 80.6 Å². The lowest BCUT2D eigenvalue weighted by Gasteiger charge is -2.31. The van der Waals surface area contributed by atoms with Gasteiger partial charge in [0.05, 0.1) is 34.4 Å². The number of rotatable bonds is 43. The van der Waals surface area contributed by atoms with Crippen molar-refractivity contribution in [1.29, 1.82) is 0 Å². The van der Waals surface area contributed by atoms with Crippen LogP contribution in [0.2, 0.25) is 0 Å². The van der Waals surface area contributed by atoms with E-state index >= 15 is 0 Å². The Morgan fingerprint density at radius 2 is 0.898 bits per heavy atom. The fourth-order valence-electron chi connectivity index (χ4n) is 6.96. The van der Waals surface area contributed by atoms with Crippen molar-refractivity contribution in [2.24, 2.45) is 0 Å². The summed E-state index contributed by atoms with van der Waals surface area (Å²) in [7, 11) is 5.52. The maximum absolute atomic E-state index is 12.8. The first kappa shape index (κ1) is 56.3. The molecule has 8 heteroatoms. The standard InChI is InChI=1S/C51H91NO7/c1-6-8-10-12-14-16-18-20-22-23-24-25-26-27-28-30-32-34-36-38-40-42-50(54)59-47(45-57-44-43-48(51(55)56)52(3,4)5)46-58-49(53)41-39-37-35-33-31-29-21-19-17-15-13-11-9-7-2/h14,16,20,22,24-25,27-28,47-48H,6-13,15,17-19,21,23,26,29-46H2,1-5H3/p+1/b16-14+,22-20+,25-24+,28-27+. The largest absolute Gasteiger partial charge is 0.477 e. The van der Waals surface area contributed by atoms with Gasteiger partial charge >= 0.3 is 17.9 Å². The van der Waals surface area contributed by atoms with Crippen LogP contribution in [0.3, 0.4) is 0 Å². The number of allylic oxidation sites excluding steroid dienone is 8. The smallest absolute Gasteiger partial charge is 0.362 e. The molecule has 0 aromatic rings. The summed E-state index contributed by atoms with van der Waals surface area (Å²) in [5.74, 6) is -1.48. The summed E-state index contributed by atoms with van der Waals surface area (Å²) in [6.45, 7) is 4.70. The molecule has 1 N–H and O–H groups in total. The second-order valence-corrected chi connectivity index (χ2v) is 17.4. The van der Waals surface area contributed by atoms with Crippen LogP contribution in [0.25, 0.3) is 0 Å². The third-order valence-electron chi connectivity index (χ3n) is 10.7. The van der Waals surface area contributed by atoms with Crippen LogP contribution in [0.15, 0.2) is 48.6 Å². The SMILES string of the molecule is CCCCC/C=C/C/C=C/C/C=C/C/C=C/CCCCCCCC(=O)OC(COCCC(C(=O)O)[N+](C)(C)C)COC(=O)CCCCCCCCCCCCCCCC. The van der Waals surface area contributed by atoms with Crippen molar-refractivity contribution in [3.63, 3.8) is 0 Å². The molecule has 0 aromatic carbocycles. The van der Waals surface area contributed by atoms with E-state index < -0.39 is 18.1 Å². The lowest BCUT2D eigenvalue weighted by molar-refractivity contribution is -0.887. The Morgan fingerprint density at radius 1 is 0.508 bits per heavy atom. The molecule has 0 rings (SSSR count). The zero-order chi connectivity index (χ0) is 43.5. The zero-order valence-corrected chi connectivity index (χ0v) is 39.0. The summed E-state index contributed by atoms with van der Waals surface area (Å²) in [6.07, 6.45) is 50.0. The molecule has 0 aliphatic carbocycles. The number of carboxylic acid groups (broad SMARTS) is 1. The van der Waals surface area contributed by atoms with Gasteiger partial charge in [0, 0.05) is 19.3 Å². The van der Waals surface area contributed by atoms with Gasteiger partial charge in [0.1, 0.15) is 6.61 Å². The normalized spacial score (nSPS) is 13.3. The molecule has 0 radical (unpaired) electrons. The third kappa shape index (κ3) is 40.5. The first-order valence-corrected chi connectivity index (χ1v) is 24.2. The van der Waals surface area contributed by atoms with Gasteiger partial charge in [0.15, 0.2) is 12.1 Å². The molecule has 0 saturated heterocycles. The van der Waals surface area contributed by atoms with Crippen molar-refractivity contribution < 1.29 is 38.2 Å². The highest BCUT2D eigenvalue weighted by molar-refractivity contribution is 5.72. The lowest BCUT2D eigenvalue weighted by Crippen LogP contribution is -2.50. The van der Waals surface area contributed by atoms with E-state index in [1.54, 1.807) is 0 Å². The number of nitrogens with zero attached hydrogens (tertiary/aromatic N) is 1. The van der Waals surface area contributed by atoms with Gasteiger partial charge in [-0.15, -0.1) is 0 Å². The number of esters is 2. The van der Waals surface area contributed by atoms with Crippen LogP contribution in [0.4, 0.5) is 0 Å².